The average molecular weight is 455 g/mol. The Bertz CT molecular complexity index is 1160. The number of hydrogen-bond acceptors (Lipinski definition) is 4. The third kappa shape index (κ3) is 6.07. The van der Waals surface area contributed by atoms with Crippen molar-refractivity contribution in [2.45, 2.75) is 32.7 Å². The largest absolute Gasteiger partial charge is 0.338 e. The molecule has 174 valence electrons. The van der Waals surface area contributed by atoms with Gasteiger partial charge in [0.1, 0.15) is 0 Å². The predicted molar refractivity (Wildman–Crippen MR) is 134 cm³/mol. The smallest absolute Gasteiger partial charge is 0.317 e. The van der Waals surface area contributed by atoms with Crippen molar-refractivity contribution in [2.24, 2.45) is 0 Å². The molecule has 1 aromatic heterocycles. The number of aromatic nitrogens is 4. The molecule has 4 aromatic rings. The van der Waals surface area contributed by atoms with Crippen molar-refractivity contribution in [3.63, 3.8) is 0 Å². The number of benzene rings is 3. The summed E-state index contributed by atoms with van der Waals surface area (Å²) in [7, 11) is 0. The van der Waals surface area contributed by atoms with E-state index in [4.69, 9.17) is 0 Å². The van der Waals surface area contributed by atoms with E-state index in [1.165, 1.54) is 5.56 Å². The number of rotatable bonds is 10. The van der Waals surface area contributed by atoms with Crippen molar-refractivity contribution < 1.29 is 4.79 Å². The Morgan fingerprint density at radius 1 is 0.912 bits per heavy atom. The fourth-order valence-electron chi connectivity index (χ4n) is 3.89. The van der Waals surface area contributed by atoms with E-state index in [9.17, 15) is 4.79 Å². The van der Waals surface area contributed by atoms with Crippen LogP contribution in [0.4, 0.5) is 4.79 Å². The maximum absolute atomic E-state index is 12.9. The van der Waals surface area contributed by atoms with Gasteiger partial charge in [0.15, 0.2) is 0 Å². The van der Waals surface area contributed by atoms with E-state index < -0.39 is 0 Å². The van der Waals surface area contributed by atoms with Gasteiger partial charge in [0.05, 0.1) is 0 Å². The molecule has 0 atom stereocenters. The van der Waals surface area contributed by atoms with E-state index in [1.807, 2.05) is 41.3 Å². The van der Waals surface area contributed by atoms with Crippen molar-refractivity contribution in [3.05, 3.63) is 90.0 Å². The quantitative estimate of drug-likeness (QED) is 0.349. The number of aromatic amines is 1. The highest BCUT2D eigenvalue weighted by Gasteiger charge is 2.14. The Hall–Kier alpha value is -4.00. The summed E-state index contributed by atoms with van der Waals surface area (Å²) in [5.41, 5.74) is 5.34. The van der Waals surface area contributed by atoms with Gasteiger partial charge in [0, 0.05) is 25.2 Å². The number of unbranched alkanes of at least 4 members (excludes halogenated alkanes) is 1. The molecule has 0 aliphatic rings. The maximum atomic E-state index is 12.9. The zero-order valence-electron chi connectivity index (χ0n) is 19.4. The molecule has 0 radical (unpaired) electrons. The minimum absolute atomic E-state index is 0.0177. The molecule has 0 spiro atoms. The molecule has 4 rings (SSSR count). The highest BCUT2D eigenvalue weighted by molar-refractivity contribution is 5.80. The van der Waals surface area contributed by atoms with Crippen LogP contribution in [0, 0.1) is 0 Å². The molecule has 0 saturated carbocycles. The minimum Gasteiger partial charge on any atom is -0.338 e. The van der Waals surface area contributed by atoms with Gasteiger partial charge in [-0.15, -0.1) is 10.2 Å². The Labute approximate surface area is 200 Å². The second-order valence-electron chi connectivity index (χ2n) is 8.22. The molecule has 2 N–H and O–H groups in total. The standard InChI is InChI=1S/C27H30N6O/c1-2-3-19-33(27(34)28-18-17-21-9-5-4-6-10-21)20-22-13-15-23(16-14-22)24-11-7-8-12-25(24)26-29-31-32-30-26/h4-16H,2-3,17-20H2,1H3,(H,28,34)(H,29,30,31,32). The van der Waals surface area contributed by atoms with Gasteiger partial charge in [-0.3, -0.25) is 0 Å². The summed E-state index contributed by atoms with van der Waals surface area (Å²) in [6.07, 6.45) is 2.84. The van der Waals surface area contributed by atoms with E-state index in [2.05, 4.69) is 75.3 Å². The summed E-state index contributed by atoms with van der Waals surface area (Å²) in [6, 6.07) is 26.5. The molecule has 7 nitrogen and oxygen atoms in total. The monoisotopic (exact) mass is 454 g/mol. The zero-order valence-corrected chi connectivity index (χ0v) is 19.4. The van der Waals surface area contributed by atoms with Crippen LogP contribution in [0.2, 0.25) is 0 Å². The number of carbonyl (C=O) groups is 1. The van der Waals surface area contributed by atoms with Crippen LogP contribution in [0.25, 0.3) is 22.5 Å². The van der Waals surface area contributed by atoms with Crippen LogP contribution < -0.4 is 5.32 Å². The summed E-state index contributed by atoms with van der Waals surface area (Å²) in [6.45, 7) is 4.07. The summed E-state index contributed by atoms with van der Waals surface area (Å²) >= 11 is 0. The Morgan fingerprint density at radius 2 is 1.65 bits per heavy atom. The van der Waals surface area contributed by atoms with Crippen LogP contribution in [0.5, 0.6) is 0 Å². The number of hydrogen-bond donors (Lipinski definition) is 2. The van der Waals surface area contributed by atoms with E-state index in [0.29, 0.717) is 18.9 Å². The molecule has 0 aliphatic carbocycles. The van der Waals surface area contributed by atoms with E-state index in [-0.39, 0.29) is 6.03 Å². The number of H-pyrrole nitrogens is 1. The van der Waals surface area contributed by atoms with Crippen LogP contribution >= 0.6 is 0 Å². The number of urea groups is 1. The van der Waals surface area contributed by atoms with Crippen LogP contribution in [0.3, 0.4) is 0 Å². The average Bonchev–Trinajstić information content (AvgIpc) is 3.42. The van der Waals surface area contributed by atoms with E-state index in [0.717, 1.165) is 48.1 Å². The third-order valence-corrected chi connectivity index (χ3v) is 5.75. The molecule has 0 unspecified atom stereocenters. The SMILES string of the molecule is CCCCN(Cc1ccc(-c2ccccc2-c2nn[nH]n2)cc1)C(=O)NCCc1ccccc1. The van der Waals surface area contributed by atoms with Gasteiger partial charge in [0.2, 0.25) is 5.82 Å². The molecular weight excluding hydrogens is 424 g/mol. The Morgan fingerprint density at radius 3 is 2.35 bits per heavy atom. The highest BCUT2D eigenvalue weighted by Crippen LogP contribution is 2.29. The summed E-state index contributed by atoms with van der Waals surface area (Å²) < 4.78 is 0. The Balaban J connectivity index is 1.42. The van der Waals surface area contributed by atoms with Gasteiger partial charge in [-0.25, -0.2) is 4.79 Å². The van der Waals surface area contributed by atoms with Crippen LogP contribution in [0.1, 0.15) is 30.9 Å². The first-order chi connectivity index (χ1) is 16.7. The lowest BCUT2D eigenvalue weighted by atomic mass is 9.98. The van der Waals surface area contributed by atoms with E-state index in [1.54, 1.807) is 0 Å². The number of carbonyl (C=O) groups excluding carboxylic acids is 1. The van der Waals surface area contributed by atoms with Gasteiger partial charge in [0.25, 0.3) is 0 Å². The third-order valence-electron chi connectivity index (χ3n) is 5.75. The first-order valence-corrected chi connectivity index (χ1v) is 11.7. The number of amides is 2. The zero-order chi connectivity index (χ0) is 23.6. The molecule has 0 saturated heterocycles. The molecule has 7 heteroatoms. The van der Waals surface area contributed by atoms with Crippen molar-refractivity contribution in [1.29, 1.82) is 0 Å². The van der Waals surface area contributed by atoms with Crippen molar-refractivity contribution in [1.82, 2.24) is 30.8 Å². The summed E-state index contributed by atoms with van der Waals surface area (Å²) in [4.78, 5) is 14.8. The van der Waals surface area contributed by atoms with Crippen molar-refractivity contribution >= 4 is 6.03 Å². The fraction of sp³-hybridized carbons (Fsp3) is 0.259. The maximum Gasteiger partial charge on any atom is 0.317 e. The highest BCUT2D eigenvalue weighted by atomic mass is 16.2. The van der Waals surface area contributed by atoms with E-state index >= 15 is 0 Å². The lowest BCUT2D eigenvalue weighted by Crippen LogP contribution is -2.40. The minimum atomic E-state index is -0.0177. The molecule has 0 bridgehead atoms. The predicted octanol–water partition coefficient (Wildman–Crippen LogP) is 5.09. The molecular formula is C27H30N6O. The first kappa shape index (κ1) is 23.2. The first-order valence-electron chi connectivity index (χ1n) is 11.7. The van der Waals surface area contributed by atoms with Gasteiger partial charge >= 0.3 is 6.03 Å². The van der Waals surface area contributed by atoms with Crippen LogP contribution in [-0.4, -0.2) is 44.6 Å². The van der Waals surface area contributed by atoms with Crippen LogP contribution in [-0.2, 0) is 13.0 Å². The molecule has 0 aliphatic heterocycles. The molecule has 34 heavy (non-hydrogen) atoms. The normalized spacial score (nSPS) is 10.7. The second kappa shape index (κ2) is 11.7. The van der Waals surface area contributed by atoms with Gasteiger partial charge in [-0.05, 0) is 40.3 Å². The molecule has 2 amide bonds. The van der Waals surface area contributed by atoms with Crippen molar-refractivity contribution in [3.8, 4) is 22.5 Å². The molecule has 3 aromatic carbocycles. The van der Waals surface area contributed by atoms with Crippen molar-refractivity contribution in [2.75, 3.05) is 13.1 Å². The lowest BCUT2D eigenvalue weighted by Gasteiger charge is -2.23. The number of nitrogens with zero attached hydrogens (tertiary/aromatic N) is 4. The topological polar surface area (TPSA) is 86.8 Å². The summed E-state index contributed by atoms with van der Waals surface area (Å²) in [5.74, 6) is 0.567. The van der Waals surface area contributed by atoms with Gasteiger partial charge in [-0.2, -0.15) is 5.21 Å². The number of tetrazole rings is 1. The fourth-order valence-corrected chi connectivity index (χ4v) is 3.89. The lowest BCUT2D eigenvalue weighted by molar-refractivity contribution is 0.194. The Kier molecular flexibility index (Phi) is 8.00. The summed E-state index contributed by atoms with van der Waals surface area (Å²) in [5, 5.41) is 17.5. The molecule has 1 heterocycles. The van der Waals surface area contributed by atoms with Gasteiger partial charge < -0.3 is 10.2 Å². The molecule has 0 fully saturated rings. The van der Waals surface area contributed by atoms with Crippen LogP contribution in [0.15, 0.2) is 78.9 Å². The second-order valence-corrected chi connectivity index (χ2v) is 8.22. The number of nitrogens with one attached hydrogen (secondary N) is 2. The van der Waals surface area contributed by atoms with Gasteiger partial charge in [-0.1, -0.05) is 92.2 Å².